The zero-order valence-electron chi connectivity index (χ0n) is 13.5. The molecule has 3 rings (SSSR count). The summed E-state index contributed by atoms with van der Waals surface area (Å²) in [5.41, 5.74) is 5.93. The number of imidazole rings is 1. The molecular weight excluding hydrogens is 268 g/mol. The summed E-state index contributed by atoms with van der Waals surface area (Å²) in [6, 6.07) is 13.1. The average molecular weight is 292 g/mol. The lowest BCUT2D eigenvalue weighted by atomic mass is 10.0. The number of unbranched alkanes of at least 4 members (excludes halogenated alkanes) is 3. The van der Waals surface area contributed by atoms with Crippen LogP contribution >= 0.6 is 0 Å². The second-order valence-electron chi connectivity index (χ2n) is 6.06. The van der Waals surface area contributed by atoms with Crippen molar-refractivity contribution >= 4 is 5.65 Å². The van der Waals surface area contributed by atoms with Gasteiger partial charge in [-0.25, -0.2) is 4.98 Å². The molecular formula is C20H24N2. The number of rotatable bonds is 6. The van der Waals surface area contributed by atoms with E-state index in [-0.39, 0.29) is 0 Å². The van der Waals surface area contributed by atoms with E-state index in [2.05, 4.69) is 67.0 Å². The average Bonchev–Trinajstić information content (AvgIpc) is 2.98. The fourth-order valence-electron chi connectivity index (χ4n) is 2.89. The van der Waals surface area contributed by atoms with Crippen molar-refractivity contribution in [3.05, 3.63) is 59.9 Å². The van der Waals surface area contributed by atoms with Crippen LogP contribution in [0.25, 0.3) is 16.9 Å². The molecule has 1 aromatic carbocycles. The highest BCUT2D eigenvalue weighted by molar-refractivity contribution is 5.64. The van der Waals surface area contributed by atoms with E-state index in [0.29, 0.717) is 0 Å². The molecule has 0 atom stereocenters. The van der Waals surface area contributed by atoms with Crippen molar-refractivity contribution in [2.45, 2.75) is 46.0 Å². The SMILES string of the molecule is CCCCCCc1ccc(-c2cn3cccc(C)c3n2)cc1. The Morgan fingerprint density at radius 2 is 1.82 bits per heavy atom. The smallest absolute Gasteiger partial charge is 0.140 e. The number of aryl methyl sites for hydroxylation is 2. The van der Waals surface area contributed by atoms with Crippen LogP contribution < -0.4 is 0 Å². The van der Waals surface area contributed by atoms with Crippen LogP contribution in [-0.4, -0.2) is 9.38 Å². The maximum Gasteiger partial charge on any atom is 0.140 e. The van der Waals surface area contributed by atoms with Crippen molar-refractivity contribution in [1.82, 2.24) is 9.38 Å². The third-order valence-corrected chi connectivity index (χ3v) is 4.25. The van der Waals surface area contributed by atoms with Gasteiger partial charge in [-0.1, -0.05) is 56.5 Å². The molecule has 0 saturated heterocycles. The molecule has 2 heteroatoms. The van der Waals surface area contributed by atoms with Crippen LogP contribution in [0.2, 0.25) is 0 Å². The molecule has 0 aliphatic rings. The molecule has 0 unspecified atom stereocenters. The summed E-state index contributed by atoms with van der Waals surface area (Å²) >= 11 is 0. The van der Waals surface area contributed by atoms with Crippen molar-refractivity contribution in [3.63, 3.8) is 0 Å². The Morgan fingerprint density at radius 3 is 2.55 bits per heavy atom. The molecule has 0 aliphatic carbocycles. The maximum atomic E-state index is 4.76. The molecule has 0 N–H and O–H groups in total. The van der Waals surface area contributed by atoms with E-state index in [1.807, 2.05) is 0 Å². The van der Waals surface area contributed by atoms with Gasteiger partial charge in [-0.3, -0.25) is 0 Å². The summed E-state index contributed by atoms with van der Waals surface area (Å²) in [6.07, 6.45) is 10.6. The van der Waals surface area contributed by atoms with Gasteiger partial charge in [-0.2, -0.15) is 0 Å². The van der Waals surface area contributed by atoms with Crippen LogP contribution in [0, 0.1) is 6.92 Å². The van der Waals surface area contributed by atoms with Gasteiger partial charge >= 0.3 is 0 Å². The van der Waals surface area contributed by atoms with Crippen LogP contribution in [0.15, 0.2) is 48.8 Å². The molecule has 0 radical (unpaired) electrons. The first-order valence-electron chi connectivity index (χ1n) is 8.31. The van der Waals surface area contributed by atoms with Crippen LogP contribution in [0.3, 0.4) is 0 Å². The van der Waals surface area contributed by atoms with Gasteiger partial charge in [0.15, 0.2) is 0 Å². The minimum Gasteiger partial charge on any atom is -0.306 e. The lowest BCUT2D eigenvalue weighted by Gasteiger charge is -2.02. The topological polar surface area (TPSA) is 17.3 Å². The van der Waals surface area contributed by atoms with Gasteiger partial charge in [0, 0.05) is 18.0 Å². The van der Waals surface area contributed by atoms with Gasteiger partial charge < -0.3 is 4.40 Å². The van der Waals surface area contributed by atoms with Crippen molar-refractivity contribution in [2.75, 3.05) is 0 Å². The Hall–Kier alpha value is -2.09. The quantitative estimate of drug-likeness (QED) is 0.553. The number of hydrogen-bond donors (Lipinski definition) is 0. The molecule has 2 aromatic heterocycles. The molecule has 22 heavy (non-hydrogen) atoms. The Kier molecular flexibility index (Phi) is 4.57. The summed E-state index contributed by atoms with van der Waals surface area (Å²) in [5, 5.41) is 0. The predicted molar refractivity (Wildman–Crippen MR) is 93.2 cm³/mol. The summed E-state index contributed by atoms with van der Waals surface area (Å²) in [7, 11) is 0. The van der Waals surface area contributed by atoms with Crippen LogP contribution in [-0.2, 0) is 6.42 Å². The third kappa shape index (κ3) is 3.22. The molecule has 2 nitrogen and oxygen atoms in total. The first kappa shape index (κ1) is 14.8. The summed E-state index contributed by atoms with van der Waals surface area (Å²) in [6.45, 7) is 4.36. The Bertz CT molecular complexity index is 738. The normalized spacial score (nSPS) is 11.2. The summed E-state index contributed by atoms with van der Waals surface area (Å²) in [5.74, 6) is 0. The first-order chi connectivity index (χ1) is 10.8. The maximum absolute atomic E-state index is 4.76. The fourth-order valence-corrected chi connectivity index (χ4v) is 2.89. The zero-order valence-corrected chi connectivity index (χ0v) is 13.5. The van der Waals surface area contributed by atoms with Crippen molar-refractivity contribution in [3.8, 4) is 11.3 Å². The highest BCUT2D eigenvalue weighted by Crippen LogP contribution is 2.21. The Labute approximate surface area is 132 Å². The highest BCUT2D eigenvalue weighted by atomic mass is 15.0. The minimum absolute atomic E-state index is 1.04. The molecule has 0 bridgehead atoms. The summed E-state index contributed by atoms with van der Waals surface area (Å²) in [4.78, 5) is 4.76. The third-order valence-electron chi connectivity index (χ3n) is 4.25. The molecule has 2 heterocycles. The highest BCUT2D eigenvalue weighted by Gasteiger charge is 2.06. The van der Waals surface area contributed by atoms with E-state index in [4.69, 9.17) is 4.98 Å². The van der Waals surface area contributed by atoms with Crippen molar-refractivity contribution in [2.24, 2.45) is 0 Å². The number of pyridine rings is 1. The number of benzene rings is 1. The van der Waals surface area contributed by atoms with Gasteiger partial charge in [0.05, 0.1) is 5.69 Å². The van der Waals surface area contributed by atoms with Crippen LogP contribution in [0.5, 0.6) is 0 Å². The summed E-state index contributed by atoms with van der Waals surface area (Å²) < 4.78 is 2.10. The Balaban J connectivity index is 1.75. The van der Waals surface area contributed by atoms with Gasteiger partial charge in [0.1, 0.15) is 5.65 Å². The molecule has 0 aliphatic heterocycles. The first-order valence-corrected chi connectivity index (χ1v) is 8.31. The molecule has 0 fully saturated rings. The van der Waals surface area contributed by atoms with Crippen LogP contribution in [0.1, 0.15) is 43.7 Å². The molecule has 114 valence electrons. The van der Waals surface area contributed by atoms with E-state index < -0.39 is 0 Å². The van der Waals surface area contributed by atoms with Crippen LogP contribution in [0.4, 0.5) is 0 Å². The largest absolute Gasteiger partial charge is 0.306 e. The number of fused-ring (bicyclic) bond motifs is 1. The van der Waals surface area contributed by atoms with E-state index in [1.165, 1.54) is 48.8 Å². The second kappa shape index (κ2) is 6.78. The standard InChI is InChI=1S/C20H24N2/c1-3-4-5-6-9-17-10-12-18(13-11-17)19-15-22-14-7-8-16(2)20(22)21-19/h7-8,10-15H,3-6,9H2,1-2H3. The van der Waals surface area contributed by atoms with E-state index in [9.17, 15) is 0 Å². The molecule has 0 spiro atoms. The van der Waals surface area contributed by atoms with Gasteiger partial charge in [-0.15, -0.1) is 0 Å². The van der Waals surface area contributed by atoms with Gasteiger partial charge in [-0.05, 0) is 37.0 Å². The van der Waals surface area contributed by atoms with E-state index >= 15 is 0 Å². The van der Waals surface area contributed by atoms with Gasteiger partial charge in [0.25, 0.3) is 0 Å². The van der Waals surface area contributed by atoms with E-state index in [1.54, 1.807) is 0 Å². The molecule has 3 aromatic rings. The lowest BCUT2D eigenvalue weighted by Crippen LogP contribution is -1.86. The number of hydrogen-bond acceptors (Lipinski definition) is 1. The number of aromatic nitrogens is 2. The van der Waals surface area contributed by atoms with E-state index in [0.717, 1.165) is 11.3 Å². The Morgan fingerprint density at radius 1 is 1.00 bits per heavy atom. The predicted octanol–water partition coefficient (Wildman–Crippen LogP) is 5.43. The van der Waals surface area contributed by atoms with Gasteiger partial charge in [0.2, 0.25) is 0 Å². The zero-order chi connectivity index (χ0) is 15.4. The molecule has 0 amide bonds. The lowest BCUT2D eigenvalue weighted by molar-refractivity contribution is 0.667. The minimum atomic E-state index is 1.04. The second-order valence-corrected chi connectivity index (χ2v) is 6.06. The monoisotopic (exact) mass is 292 g/mol. The van der Waals surface area contributed by atoms with Crippen molar-refractivity contribution < 1.29 is 0 Å². The number of nitrogens with zero attached hydrogens (tertiary/aromatic N) is 2. The molecule has 0 saturated carbocycles. The van der Waals surface area contributed by atoms with Crippen molar-refractivity contribution in [1.29, 1.82) is 0 Å². The fraction of sp³-hybridized carbons (Fsp3) is 0.350.